The molecule has 2 rings (SSSR count). The van der Waals surface area contributed by atoms with Gasteiger partial charge in [-0.05, 0) is 18.9 Å². The molecule has 1 aromatic rings. The SMILES string of the molecule is [2H]C1(CCCC)OC(=O)c2ccccc21. The van der Waals surface area contributed by atoms with Crippen molar-refractivity contribution in [2.75, 3.05) is 0 Å². The van der Waals surface area contributed by atoms with Gasteiger partial charge in [0.1, 0.15) is 6.08 Å². The quantitative estimate of drug-likeness (QED) is 0.686. The normalized spacial score (nSPS) is 25.5. The minimum absolute atomic E-state index is 0.364. The van der Waals surface area contributed by atoms with Crippen LogP contribution in [0.5, 0.6) is 0 Å². The third kappa shape index (κ3) is 1.52. The topological polar surface area (TPSA) is 26.3 Å². The molecule has 0 bridgehead atoms. The summed E-state index contributed by atoms with van der Waals surface area (Å²) >= 11 is 0. The third-order valence-electron chi connectivity index (χ3n) is 2.42. The van der Waals surface area contributed by atoms with Gasteiger partial charge in [-0.15, -0.1) is 0 Å². The molecule has 0 spiro atoms. The van der Waals surface area contributed by atoms with E-state index in [-0.39, 0.29) is 5.97 Å². The molecule has 0 N–H and O–H groups in total. The van der Waals surface area contributed by atoms with Crippen molar-refractivity contribution in [1.29, 1.82) is 0 Å². The van der Waals surface area contributed by atoms with Gasteiger partial charge in [0.05, 0.1) is 6.93 Å². The summed E-state index contributed by atoms with van der Waals surface area (Å²) < 4.78 is 13.3. The van der Waals surface area contributed by atoms with Gasteiger partial charge in [-0.1, -0.05) is 31.5 Å². The van der Waals surface area contributed by atoms with E-state index >= 15 is 0 Å². The van der Waals surface area contributed by atoms with E-state index < -0.39 is 6.08 Å². The maximum absolute atomic E-state index is 11.5. The number of unbranched alkanes of at least 4 members (excludes halogenated alkanes) is 1. The Bertz CT molecular complexity index is 389. The molecule has 2 heteroatoms. The molecule has 0 amide bonds. The fourth-order valence-corrected chi connectivity index (χ4v) is 1.65. The van der Waals surface area contributed by atoms with Gasteiger partial charge in [-0.25, -0.2) is 4.79 Å². The van der Waals surface area contributed by atoms with Crippen molar-refractivity contribution >= 4 is 5.97 Å². The number of benzene rings is 1. The highest BCUT2D eigenvalue weighted by molar-refractivity contribution is 5.93. The highest BCUT2D eigenvalue weighted by atomic mass is 16.5. The Labute approximate surface area is 85.3 Å². The Hall–Kier alpha value is -1.31. The summed E-state index contributed by atoms with van der Waals surface area (Å²) in [7, 11) is 0. The smallest absolute Gasteiger partial charge is 0.339 e. The fourth-order valence-electron chi connectivity index (χ4n) is 1.65. The van der Waals surface area contributed by atoms with E-state index in [1.54, 1.807) is 12.1 Å². The summed E-state index contributed by atoms with van der Waals surface area (Å²) in [5, 5.41) is 0. The largest absolute Gasteiger partial charge is 0.454 e. The first-order chi connectivity index (χ1) is 7.17. The molecular formula is C12H14O2. The van der Waals surface area contributed by atoms with Crippen LogP contribution in [-0.2, 0) is 4.74 Å². The summed E-state index contributed by atoms with van der Waals surface area (Å²) in [5.41, 5.74) is 1.26. The minimum atomic E-state index is -1.15. The van der Waals surface area contributed by atoms with Gasteiger partial charge in [-0.3, -0.25) is 0 Å². The first-order valence-electron chi connectivity index (χ1n) is 5.50. The monoisotopic (exact) mass is 191 g/mol. The highest BCUT2D eigenvalue weighted by Crippen LogP contribution is 2.33. The van der Waals surface area contributed by atoms with Crippen molar-refractivity contribution in [2.24, 2.45) is 0 Å². The summed E-state index contributed by atoms with van der Waals surface area (Å²) in [5.74, 6) is -0.364. The molecule has 0 aromatic heterocycles. The first kappa shape index (κ1) is 8.04. The molecule has 14 heavy (non-hydrogen) atoms. The molecule has 0 radical (unpaired) electrons. The van der Waals surface area contributed by atoms with Crippen LogP contribution in [0.3, 0.4) is 0 Å². The Balaban J connectivity index is 2.34. The van der Waals surface area contributed by atoms with Crippen LogP contribution >= 0.6 is 0 Å². The van der Waals surface area contributed by atoms with E-state index in [1.807, 2.05) is 12.1 Å². The summed E-state index contributed by atoms with van der Waals surface area (Å²) in [6.45, 7) is 2.06. The van der Waals surface area contributed by atoms with Gasteiger partial charge < -0.3 is 4.74 Å². The maximum atomic E-state index is 11.5. The predicted octanol–water partition coefficient (Wildman–Crippen LogP) is 3.09. The number of carbonyl (C=O) groups is 1. The standard InChI is InChI=1S/C12H14O2/c1-2-3-8-11-9-6-4-5-7-10(9)12(13)14-11/h4-7,11H,2-3,8H2,1H3/i11D. The van der Waals surface area contributed by atoms with Crippen LogP contribution in [0, 0.1) is 0 Å². The van der Waals surface area contributed by atoms with Crippen molar-refractivity contribution in [3.8, 4) is 0 Å². The number of esters is 1. The molecule has 1 aliphatic heterocycles. The van der Waals surface area contributed by atoms with Gasteiger partial charge in [0.25, 0.3) is 0 Å². The van der Waals surface area contributed by atoms with Gasteiger partial charge in [0, 0.05) is 5.56 Å². The second-order valence-electron chi connectivity index (χ2n) is 3.46. The molecule has 0 fully saturated rings. The lowest BCUT2D eigenvalue weighted by atomic mass is 10.0. The summed E-state index contributed by atoms with van der Waals surface area (Å²) in [6, 6.07) is 7.17. The van der Waals surface area contributed by atoms with Gasteiger partial charge >= 0.3 is 5.97 Å². The van der Waals surface area contributed by atoms with Gasteiger partial charge in [-0.2, -0.15) is 0 Å². The van der Waals surface area contributed by atoms with Gasteiger partial charge in [0.15, 0.2) is 0 Å². The van der Waals surface area contributed by atoms with Crippen LogP contribution in [0.4, 0.5) is 0 Å². The molecular weight excluding hydrogens is 176 g/mol. The van der Waals surface area contributed by atoms with E-state index in [1.165, 1.54) is 0 Å². The summed E-state index contributed by atoms with van der Waals surface area (Å²) in [6.07, 6.45) is 1.32. The molecule has 1 unspecified atom stereocenters. The van der Waals surface area contributed by atoms with Crippen molar-refractivity contribution in [2.45, 2.75) is 32.3 Å². The van der Waals surface area contributed by atoms with E-state index in [9.17, 15) is 4.79 Å². The fraction of sp³-hybridized carbons (Fsp3) is 0.417. The number of fused-ring (bicyclic) bond motifs is 1. The average Bonchev–Trinajstić information content (AvgIpc) is 2.50. The Kier molecular flexibility index (Phi) is 2.20. The zero-order valence-corrected chi connectivity index (χ0v) is 8.25. The van der Waals surface area contributed by atoms with Crippen LogP contribution < -0.4 is 0 Å². The Morgan fingerprint density at radius 1 is 1.50 bits per heavy atom. The van der Waals surface area contributed by atoms with E-state index in [0.29, 0.717) is 17.5 Å². The number of hydrogen-bond donors (Lipinski definition) is 0. The molecule has 0 aliphatic carbocycles. The molecule has 2 nitrogen and oxygen atoms in total. The summed E-state index contributed by atoms with van der Waals surface area (Å²) in [4.78, 5) is 11.5. The number of ether oxygens (including phenoxy) is 1. The Morgan fingerprint density at radius 3 is 3.07 bits per heavy atom. The van der Waals surface area contributed by atoms with Crippen molar-refractivity contribution < 1.29 is 10.9 Å². The minimum Gasteiger partial charge on any atom is -0.454 e. The zero-order valence-electron chi connectivity index (χ0n) is 9.25. The first-order valence-corrected chi connectivity index (χ1v) is 5.00. The molecule has 1 atom stereocenters. The lowest BCUT2D eigenvalue weighted by molar-refractivity contribution is 0.0364. The number of cyclic esters (lactones) is 1. The zero-order chi connectivity index (χ0) is 10.9. The number of rotatable bonds is 3. The van der Waals surface area contributed by atoms with Crippen molar-refractivity contribution in [3.63, 3.8) is 0 Å². The van der Waals surface area contributed by atoms with Crippen LogP contribution in [0.1, 0.15) is 49.6 Å². The van der Waals surface area contributed by atoms with Crippen LogP contribution in [0.25, 0.3) is 0 Å². The van der Waals surface area contributed by atoms with Crippen molar-refractivity contribution in [3.05, 3.63) is 35.4 Å². The second-order valence-corrected chi connectivity index (χ2v) is 3.46. The molecule has 0 saturated heterocycles. The third-order valence-corrected chi connectivity index (χ3v) is 2.42. The maximum Gasteiger partial charge on any atom is 0.339 e. The van der Waals surface area contributed by atoms with E-state index in [0.717, 1.165) is 12.8 Å². The van der Waals surface area contributed by atoms with E-state index in [4.69, 9.17) is 6.11 Å². The highest BCUT2D eigenvalue weighted by Gasteiger charge is 2.29. The lowest BCUT2D eigenvalue weighted by Crippen LogP contribution is -1.98. The van der Waals surface area contributed by atoms with Gasteiger partial charge in [0.2, 0.25) is 0 Å². The Morgan fingerprint density at radius 2 is 2.29 bits per heavy atom. The molecule has 1 aromatic carbocycles. The number of hydrogen-bond acceptors (Lipinski definition) is 2. The van der Waals surface area contributed by atoms with E-state index in [2.05, 4.69) is 6.92 Å². The average molecular weight is 191 g/mol. The van der Waals surface area contributed by atoms with Crippen LogP contribution in [0.2, 0.25) is 0 Å². The predicted molar refractivity (Wildman–Crippen MR) is 54.1 cm³/mol. The van der Waals surface area contributed by atoms with Crippen molar-refractivity contribution in [1.82, 2.24) is 0 Å². The molecule has 74 valence electrons. The molecule has 1 heterocycles. The lowest BCUT2D eigenvalue weighted by Gasteiger charge is -2.08. The second kappa shape index (κ2) is 3.82. The number of carbonyl (C=O) groups excluding carboxylic acids is 1. The van der Waals surface area contributed by atoms with Crippen LogP contribution in [-0.4, -0.2) is 5.97 Å². The molecule has 1 aliphatic rings. The molecule has 0 saturated carbocycles. The van der Waals surface area contributed by atoms with Crippen LogP contribution in [0.15, 0.2) is 24.3 Å².